The van der Waals surface area contributed by atoms with E-state index < -0.39 is 79.7 Å². The molecule has 592 valence electrons. The second kappa shape index (κ2) is 36.4. The Labute approximate surface area is 668 Å². The number of benzene rings is 7. The molecule has 4 aliphatic heterocycles. The van der Waals surface area contributed by atoms with Crippen molar-refractivity contribution in [2.24, 2.45) is 5.92 Å². The van der Waals surface area contributed by atoms with Crippen LogP contribution >= 0.6 is 46.4 Å². The number of amides is 1. The molecule has 6 aromatic carbocycles. The number of carboxylic acids is 1. The van der Waals surface area contributed by atoms with Gasteiger partial charge in [-0.2, -0.15) is 4.58 Å². The van der Waals surface area contributed by atoms with E-state index in [1.165, 1.54) is 71.4 Å². The summed E-state index contributed by atoms with van der Waals surface area (Å²) in [6.07, 6.45) is 17.5. The lowest BCUT2D eigenvalue weighted by Crippen LogP contribution is -2.40. The summed E-state index contributed by atoms with van der Waals surface area (Å²) >= 11 is 24.7. The number of rotatable bonds is 23. The molecule has 11 rings (SSSR count). The number of unbranched alkanes of at least 4 members (excludes halogenated alkanes) is 3. The van der Waals surface area contributed by atoms with E-state index in [4.69, 9.17) is 71.4 Å². The van der Waals surface area contributed by atoms with Crippen molar-refractivity contribution in [1.82, 2.24) is 4.90 Å². The van der Waals surface area contributed by atoms with Crippen molar-refractivity contribution in [1.29, 1.82) is 5.41 Å². The van der Waals surface area contributed by atoms with Gasteiger partial charge in [-0.3, -0.25) is 19.8 Å². The third kappa shape index (κ3) is 20.6. The van der Waals surface area contributed by atoms with E-state index in [2.05, 4.69) is 118 Å². The van der Waals surface area contributed by atoms with Crippen LogP contribution in [0.5, 0.6) is 11.5 Å². The average molecular weight is 1650 g/mol. The molecular weight excluding hydrogens is 1560 g/mol. The summed E-state index contributed by atoms with van der Waals surface area (Å²) in [5.74, 6) is -3.27. The Hall–Kier alpha value is -8.73. The van der Waals surface area contributed by atoms with Crippen molar-refractivity contribution in [3.8, 4) is 33.9 Å². The summed E-state index contributed by atoms with van der Waals surface area (Å²) in [4.78, 5) is 49.7. The van der Waals surface area contributed by atoms with Crippen LogP contribution in [0.4, 0.5) is 17.1 Å². The minimum atomic E-state index is -5.33. The Balaban J connectivity index is 0.000000236. The molecule has 6 aromatic rings. The quantitative estimate of drug-likeness (QED) is 0.00878. The monoisotopic (exact) mass is 1650 g/mol. The predicted molar refractivity (Wildman–Crippen MR) is 428 cm³/mol. The van der Waals surface area contributed by atoms with E-state index in [0.717, 1.165) is 78.9 Å². The molecule has 3 N–H and O–H groups in total. The maximum atomic E-state index is 12.7. The van der Waals surface area contributed by atoms with E-state index in [1.54, 1.807) is 29.2 Å². The first-order chi connectivity index (χ1) is 51.7. The minimum Gasteiger partial charge on any atom is -0.748 e. The fourth-order valence-corrected chi connectivity index (χ4v) is 17.5. The number of ether oxygens (including phenoxy) is 2. The number of aryl methyl sites for hydroxylation is 4. The molecular formula is C82H88Cl4N5O17S3-3. The molecule has 4 heterocycles. The number of hydrogen-bond acceptors (Lipinski definition) is 20. The number of carbonyl (C=O) groups is 4. The molecule has 1 fully saturated rings. The fourth-order valence-electron chi connectivity index (χ4n) is 14.2. The van der Waals surface area contributed by atoms with Gasteiger partial charge in [-0.05, 0) is 170 Å². The summed E-state index contributed by atoms with van der Waals surface area (Å²) in [6.45, 7) is 21.0. The van der Waals surface area contributed by atoms with Crippen molar-refractivity contribution < 1.29 is 81.7 Å². The van der Waals surface area contributed by atoms with Crippen LogP contribution in [0.15, 0.2) is 159 Å². The molecule has 1 aliphatic carbocycles. The van der Waals surface area contributed by atoms with Gasteiger partial charge in [0.05, 0.1) is 58.6 Å². The summed E-state index contributed by atoms with van der Waals surface area (Å²) in [5, 5.41) is 20.0. The number of aromatic carboxylic acids is 1. The van der Waals surface area contributed by atoms with Gasteiger partial charge in [-0.25, -0.2) is 25.3 Å². The molecule has 111 heavy (non-hydrogen) atoms. The first kappa shape index (κ1) is 87.8. The van der Waals surface area contributed by atoms with Gasteiger partial charge in [0, 0.05) is 102 Å². The van der Waals surface area contributed by atoms with Gasteiger partial charge in [0.2, 0.25) is 11.6 Å². The van der Waals surface area contributed by atoms with E-state index in [9.17, 15) is 63.2 Å². The summed E-state index contributed by atoms with van der Waals surface area (Å²) in [6, 6.07) is 29.9. The van der Waals surface area contributed by atoms with Gasteiger partial charge in [0.15, 0.2) is 28.6 Å². The fraction of sp³-hybridized carbons (Fsp3) is 0.341. The molecule has 29 heteroatoms. The number of carbonyl (C=O) groups excluding carboxylic acids is 4. The Bertz CT molecular complexity index is 5410. The number of nitrogens with zero attached hydrogens (tertiary/aromatic N) is 3. The van der Waals surface area contributed by atoms with Gasteiger partial charge >= 0.3 is 11.9 Å². The van der Waals surface area contributed by atoms with Crippen LogP contribution in [-0.2, 0) is 55.6 Å². The van der Waals surface area contributed by atoms with Gasteiger partial charge in [-0.15, -0.1) is 0 Å². The highest BCUT2D eigenvalue weighted by Gasteiger charge is 2.45. The standard InChI is InChI=1S/C46H56Cl2N2O5S.C20H14N2O9S2.C15H17Cl2NO3.CH4/c1-8-9-25-49-39-22-20-32(2)28-35(39)45(5,6)41(49)17-12-10-13-18-42-46(7,36-29-33(3)21-23-40(36)50(42)26-16-27-56(52,53)54)24-15-11-14-19-43(51)55-44-37(47)30-34(4)31-38(44)48;21-13-7-5-11-15(9-3-1-2-4-10(9)20(23)24)12-6-8-14(22)19(33(28,29)30)17(12)31-16(11)18(13)32(25,26)27;1-9-7-12(16)14(13(17)8-9)21-15(20)11-3-5-18(6-4-11)10(2)19;/h10,12-13,17-18,20-23,28-31H,8-9,11,14-16,19,24-27H2,1-7H3;1-8,21H,22H2,(H,23,24)(H,25,26,27)(H,28,29,30);7-8,11H,3-6H2,1-2H3;1H4/p-3. The van der Waals surface area contributed by atoms with Crippen LogP contribution in [0.1, 0.15) is 150 Å². The van der Waals surface area contributed by atoms with E-state index in [0.29, 0.717) is 59.0 Å². The van der Waals surface area contributed by atoms with Crippen LogP contribution in [0.25, 0.3) is 33.4 Å². The normalized spacial score (nSPS) is 16.0. The highest BCUT2D eigenvalue weighted by Crippen LogP contribution is 2.52. The summed E-state index contributed by atoms with van der Waals surface area (Å²) in [7, 11) is -15.0. The maximum absolute atomic E-state index is 12.7. The van der Waals surface area contributed by atoms with Crippen molar-refractivity contribution in [3.05, 3.63) is 210 Å². The number of piperidine rings is 1. The van der Waals surface area contributed by atoms with E-state index >= 15 is 0 Å². The number of likely N-dealkylation sites (tertiary alicyclic amines) is 1. The van der Waals surface area contributed by atoms with Gasteiger partial charge in [0.1, 0.15) is 36.6 Å². The number of hydrogen-bond donors (Lipinski definition) is 2. The average Bonchev–Trinajstić information content (AvgIpc) is 1.45. The molecule has 0 aromatic heterocycles. The predicted octanol–water partition coefficient (Wildman–Crippen LogP) is 15.9. The second-order valence-corrected chi connectivity index (χ2v) is 34.0. The van der Waals surface area contributed by atoms with Crippen molar-refractivity contribution in [2.45, 2.75) is 155 Å². The highest BCUT2D eigenvalue weighted by molar-refractivity contribution is 7.86. The van der Waals surface area contributed by atoms with E-state index in [-0.39, 0.29) is 88.6 Å². The third-order valence-electron chi connectivity index (χ3n) is 19.6. The zero-order valence-corrected chi connectivity index (χ0v) is 67.5. The zero-order valence-electron chi connectivity index (χ0n) is 62.1. The molecule has 0 radical (unpaired) electrons. The lowest BCUT2D eigenvalue weighted by molar-refractivity contribution is -0.438. The Morgan fingerprint density at radius 1 is 0.694 bits per heavy atom. The van der Waals surface area contributed by atoms with Gasteiger partial charge < -0.3 is 53.0 Å². The first-order valence-electron chi connectivity index (χ1n) is 35.5. The number of halogens is 4. The molecule has 0 bridgehead atoms. The smallest absolute Gasteiger partial charge is 0.314 e. The SMILES string of the molecule is C.CC(=O)N1CCC(C(=O)Oc2c(Cl)cc(C)cc2Cl)CC1.CCCC[N+]1=C(/C=C/C=C/C=C2\N(CCCS(=O)(=O)[O-])c3ccc(C)cc3C2(C)CCCCCC(=O)Oc2c(Cl)cc(C)cc2Cl)C(C)(C)c2cc(C)ccc21.N=c1ccc2c(-c3ccccc3C(=O)[O-])c3ccc(N)c(S(=O)(=O)[O-])c3oc-2c1S(=O)(=O)[O-]. The molecule has 22 nitrogen and oxygen atoms in total. The van der Waals surface area contributed by atoms with Crippen LogP contribution in [-0.4, -0.2) is 110 Å². The molecule has 1 saturated heterocycles. The number of carboxylic acid groups (broad SMARTS) is 1. The third-order valence-corrected chi connectivity index (χ3v) is 23.4. The number of anilines is 2. The van der Waals surface area contributed by atoms with Crippen molar-refractivity contribution in [3.63, 3.8) is 0 Å². The lowest BCUT2D eigenvalue weighted by atomic mass is 9.76. The summed E-state index contributed by atoms with van der Waals surface area (Å²) in [5.41, 5.74) is 14.7. The Morgan fingerprint density at radius 2 is 1.29 bits per heavy atom. The zero-order chi connectivity index (χ0) is 80.7. The van der Waals surface area contributed by atoms with Gasteiger partial charge in [-0.1, -0.05) is 152 Å². The van der Waals surface area contributed by atoms with Crippen molar-refractivity contribution >= 4 is 134 Å². The molecule has 0 spiro atoms. The number of esters is 2. The number of fused-ring (bicyclic) bond motifs is 4. The van der Waals surface area contributed by atoms with Crippen LogP contribution < -0.4 is 30.6 Å². The molecule has 1 unspecified atom stereocenters. The van der Waals surface area contributed by atoms with Crippen molar-refractivity contribution in [2.75, 3.05) is 42.6 Å². The minimum absolute atomic E-state index is 0. The highest BCUT2D eigenvalue weighted by atomic mass is 35.5. The van der Waals surface area contributed by atoms with Gasteiger partial charge in [0.25, 0.3) is 0 Å². The Morgan fingerprint density at radius 3 is 1.87 bits per heavy atom. The lowest BCUT2D eigenvalue weighted by Gasteiger charge is -2.30. The largest absolute Gasteiger partial charge is 0.748 e. The first-order valence-corrected chi connectivity index (χ1v) is 41.4. The molecule has 5 aliphatic rings. The summed E-state index contributed by atoms with van der Waals surface area (Å²) < 4.78 is 125. The number of allylic oxidation sites excluding steroid dienone is 6. The van der Waals surface area contributed by atoms with E-state index in [1.807, 2.05) is 13.8 Å². The topological polar surface area (TPSA) is 354 Å². The second-order valence-electron chi connectivity index (χ2n) is 28.2. The number of nitrogen functional groups attached to an aromatic ring is 1. The molecule has 1 atom stereocenters. The number of nitrogens with two attached hydrogens (primary N) is 1. The van der Waals surface area contributed by atoms with Crippen LogP contribution in [0.2, 0.25) is 20.1 Å². The number of nitrogens with one attached hydrogen (secondary N) is 1. The van der Waals surface area contributed by atoms with Crippen LogP contribution in [0.3, 0.4) is 0 Å². The Kier molecular flexibility index (Phi) is 28.8. The molecule has 0 saturated carbocycles. The maximum Gasteiger partial charge on any atom is 0.314 e. The molecule has 1 amide bonds. The van der Waals surface area contributed by atoms with Crippen LogP contribution in [0, 0.1) is 39.0 Å².